The van der Waals surface area contributed by atoms with Crippen LogP contribution in [-0.4, -0.2) is 60.9 Å². The molecule has 3 rings (SSSR count). The van der Waals surface area contributed by atoms with Crippen molar-refractivity contribution >= 4 is 42.0 Å². The van der Waals surface area contributed by atoms with Gasteiger partial charge in [0.05, 0.1) is 0 Å². The van der Waals surface area contributed by atoms with E-state index in [2.05, 4.69) is 5.32 Å². The first-order valence-electron chi connectivity index (χ1n) is 11.8. The lowest BCUT2D eigenvalue weighted by Gasteiger charge is -2.30. The average molecular weight is 554 g/mol. The monoisotopic (exact) mass is 553 g/mol. The van der Waals surface area contributed by atoms with Crippen LogP contribution >= 0.6 is 24.0 Å². The molecule has 1 atom stereocenters. The van der Waals surface area contributed by atoms with Crippen molar-refractivity contribution in [3.63, 3.8) is 0 Å². The maximum atomic E-state index is 12.5. The van der Waals surface area contributed by atoms with E-state index in [1.807, 2.05) is 12.1 Å². The number of hydrogen-bond donors (Lipinski definition) is 2. The van der Waals surface area contributed by atoms with Gasteiger partial charge in [-0.15, -0.1) is 12.4 Å². The SMILES string of the molecule is CC(C)(Oc1ccc(CCNC(=O)c2ccc(Cl)cc2)cc1)C(=O)OCOC(=O)N1CCC[C@@H](N)C1.Cl. The quantitative estimate of drug-likeness (QED) is 0.356. The fourth-order valence-corrected chi connectivity index (χ4v) is 3.78. The third kappa shape index (κ3) is 9.42. The van der Waals surface area contributed by atoms with Crippen molar-refractivity contribution in [3.8, 4) is 5.75 Å². The number of nitrogens with one attached hydrogen (secondary N) is 1. The van der Waals surface area contributed by atoms with Crippen LogP contribution in [-0.2, 0) is 20.7 Å². The summed E-state index contributed by atoms with van der Waals surface area (Å²) in [5.74, 6) is -0.359. The van der Waals surface area contributed by atoms with Crippen LogP contribution in [0.2, 0.25) is 5.02 Å². The van der Waals surface area contributed by atoms with E-state index in [4.69, 9.17) is 31.5 Å². The fourth-order valence-electron chi connectivity index (χ4n) is 3.66. The third-order valence-electron chi connectivity index (χ3n) is 5.68. The number of ether oxygens (including phenoxy) is 3. The molecule has 0 aromatic heterocycles. The van der Waals surface area contributed by atoms with E-state index in [-0.39, 0.29) is 24.4 Å². The van der Waals surface area contributed by atoms with Gasteiger partial charge in [0.25, 0.3) is 5.91 Å². The van der Waals surface area contributed by atoms with Gasteiger partial charge in [-0.1, -0.05) is 23.7 Å². The Morgan fingerprint density at radius 3 is 2.41 bits per heavy atom. The van der Waals surface area contributed by atoms with Gasteiger partial charge in [-0.25, -0.2) is 9.59 Å². The first-order valence-corrected chi connectivity index (χ1v) is 12.2. The number of carbonyl (C=O) groups excluding carboxylic acids is 3. The molecule has 202 valence electrons. The number of piperidine rings is 1. The normalized spacial score (nSPS) is 15.2. The molecule has 0 spiro atoms. The summed E-state index contributed by atoms with van der Waals surface area (Å²) in [7, 11) is 0. The molecule has 1 heterocycles. The highest BCUT2D eigenvalue weighted by molar-refractivity contribution is 6.30. The molecule has 9 nitrogen and oxygen atoms in total. The predicted molar refractivity (Wildman–Crippen MR) is 142 cm³/mol. The molecule has 0 radical (unpaired) electrons. The van der Waals surface area contributed by atoms with Gasteiger partial charge in [0.15, 0.2) is 5.60 Å². The van der Waals surface area contributed by atoms with Crippen LogP contribution in [0.25, 0.3) is 0 Å². The van der Waals surface area contributed by atoms with Crippen LogP contribution < -0.4 is 15.8 Å². The van der Waals surface area contributed by atoms with Gasteiger partial charge in [-0.3, -0.25) is 4.79 Å². The number of nitrogens with zero attached hydrogens (tertiary/aromatic N) is 1. The Labute approximate surface area is 228 Å². The maximum Gasteiger partial charge on any atom is 0.412 e. The lowest BCUT2D eigenvalue weighted by atomic mass is 10.1. The Hall–Kier alpha value is -3.01. The molecule has 37 heavy (non-hydrogen) atoms. The standard InChI is InChI=1S/C26H32ClN3O6.ClH/c1-26(2,24(32)34-17-35-25(33)30-15-3-4-21(28)16-30)36-22-11-5-18(6-12-22)13-14-29-23(31)19-7-9-20(27)10-8-19;/h5-12,21H,3-4,13-17,28H2,1-2H3,(H,29,31);1H/t21-;/m1./s1. The molecule has 11 heteroatoms. The van der Waals surface area contributed by atoms with E-state index in [0.717, 1.165) is 18.4 Å². The number of benzene rings is 2. The Bertz CT molecular complexity index is 1050. The Morgan fingerprint density at radius 2 is 1.76 bits per heavy atom. The fraction of sp³-hybridized carbons (Fsp3) is 0.423. The van der Waals surface area contributed by atoms with Crippen molar-refractivity contribution in [2.75, 3.05) is 26.4 Å². The van der Waals surface area contributed by atoms with Gasteiger partial charge in [0.2, 0.25) is 6.79 Å². The summed E-state index contributed by atoms with van der Waals surface area (Å²) in [5.41, 5.74) is 6.11. The van der Waals surface area contributed by atoms with Gasteiger partial charge in [0.1, 0.15) is 5.75 Å². The van der Waals surface area contributed by atoms with E-state index in [1.165, 1.54) is 4.90 Å². The van der Waals surface area contributed by atoms with E-state index in [1.54, 1.807) is 50.2 Å². The second-order valence-corrected chi connectivity index (χ2v) is 9.51. The molecule has 1 aliphatic rings. The molecule has 2 aromatic carbocycles. The van der Waals surface area contributed by atoms with Crippen molar-refractivity contribution in [2.45, 2.75) is 44.8 Å². The molecule has 1 aliphatic heterocycles. The summed E-state index contributed by atoms with van der Waals surface area (Å²) in [5, 5.41) is 3.44. The molecule has 0 unspecified atom stereocenters. The molecule has 0 bridgehead atoms. The number of amides is 2. The molecular weight excluding hydrogens is 521 g/mol. The Balaban J connectivity index is 0.00000481. The summed E-state index contributed by atoms with van der Waals surface area (Å²) in [6, 6.07) is 13.8. The van der Waals surface area contributed by atoms with Crippen LogP contribution in [0.4, 0.5) is 4.79 Å². The average Bonchev–Trinajstić information content (AvgIpc) is 2.85. The predicted octanol–water partition coefficient (Wildman–Crippen LogP) is 3.95. The van der Waals surface area contributed by atoms with Gasteiger partial charge >= 0.3 is 12.1 Å². The van der Waals surface area contributed by atoms with Gasteiger partial charge in [-0.05, 0) is 75.1 Å². The summed E-state index contributed by atoms with van der Waals surface area (Å²) in [4.78, 5) is 38.2. The Kier molecular flexibility index (Phi) is 11.5. The number of rotatable bonds is 9. The van der Waals surface area contributed by atoms with Crippen LogP contribution in [0, 0.1) is 0 Å². The zero-order chi connectivity index (χ0) is 26.1. The molecular formula is C26H33Cl2N3O6. The van der Waals surface area contributed by atoms with E-state index >= 15 is 0 Å². The van der Waals surface area contributed by atoms with Gasteiger partial charge in [-0.2, -0.15) is 0 Å². The smallest absolute Gasteiger partial charge is 0.412 e. The minimum Gasteiger partial charge on any atom is -0.476 e. The lowest BCUT2D eigenvalue weighted by molar-refractivity contribution is -0.168. The topological polar surface area (TPSA) is 120 Å². The number of halogens is 2. The Morgan fingerprint density at radius 1 is 1.08 bits per heavy atom. The molecule has 1 saturated heterocycles. The third-order valence-corrected chi connectivity index (χ3v) is 5.93. The van der Waals surface area contributed by atoms with Crippen molar-refractivity contribution in [1.82, 2.24) is 10.2 Å². The van der Waals surface area contributed by atoms with Crippen LogP contribution in [0.3, 0.4) is 0 Å². The highest BCUT2D eigenvalue weighted by Gasteiger charge is 2.32. The summed E-state index contributed by atoms with van der Waals surface area (Å²) < 4.78 is 15.9. The van der Waals surface area contributed by atoms with Crippen LogP contribution in [0.15, 0.2) is 48.5 Å². The number of likely N-dealkylation sites (tertiary alicyclic amines) is 1. The van der Waals surface area contributed by atoms with E-state index in [9.17, 15) is 14.4 Å². The first-order chi connectivity index (χ1) is 17.1. The van der Waals surface area contributed by atoms with Gasteiger partial charge < -0.3 is 30.2 Å². The second kappa shape index (κ2) is 14.1. The van der Waals surface area contributed by atoms with E-state index < -0.39 is 24.5 Å². The highest BCUT2D eigenvalue weighted by atomic mass is 35.5. The highest BCUT2D eigenvalue weighted by Crippen LogP contribution is 2.21. The zero-order valence-electron chi connectivity index (χ0n) is 20.9. The maximum absolute atomic E-state index is 12.5. The number of hydrogen-bond acceptors (Lipinski definition) is 7. The van der Waals surface area contributed by atoms with E-state index in [0.29, 0.717) is 42.4 Å². The lowest BCUT2D eigenvalue weighted by Crippen LogP contribution is -2.46. The van der Waals surface area contributed by atoms with Crippen molar-refractivity contribution in [3.05, 3.63) is 64.7 Å². The number of esters is 1. The molecule has 2 amide bonds. The molecule has 1 fully saturated rings. The van der Waals surface area contributed by atoms with Crippen molar-refractivity contribution in [1.29, 1.82) is 0 Å². The first kappa shape index (κ1) is 30.2. The summed E-state index contributed by atoms with van der Waals surface area (Å²) in [6.45, 7) is 4.09. The largest absolute Gasteiger partial charge is 0.476 e. The molecule has 0 saturated carbocycles. The zero-order valence-corrected chi connectivity index (χ0v) is 22.5. The van der Waals surface area contributed by atoms with Crippen LogP contribution in [0.5, 0.6) is 5.75 Å². The van der Waals surface area contributed by atoms with Crippen LogP contribution in [0.1, 0.15) is 42.6 Å². The summed E-state index contributed by atoms with van der Waals surface area (Å²) >= 11 is 5.84. The number of nitrogens with two attached hydrogens (primary N) is 1. The molecule has 2 aromatic rings. The summed E-state index contributed by atoms with van der Waals surface area (Å²) in [6.07, 6.45) is 1.75. The molecule has 3 N–H and O–H groups in total. The minimum atomic E-state index is -1.30. The minimum absolute atomic E-state index is 0. The second-order valence-electron chi connectivity index (χ2n) is 9.08. The van der Waals surface area contributed by atoms with Gasteiger partial charge in [0, 0.05) is 36.3 Å². The molecule has 0 aliphatic carbocycles. The van der Waals surface area contributed by atoms with Crippen molar-refractivity contribution in [2.24, 2.45) is 5.73 Å². The number of carbonyl (C=O) groups is 3. The van der Waals surface area contributed by atoms with Crippen molar-refractivity contribution < 1.29 is 28.6 Å².